The predicted molar refractivity (Wildman–Crippen MR) is 68.0 cm³/mol. The smallest absolute Gasteiger partial charge is 0.221 e. The van der Waals surface area contributed by atoms with Gasteiger partial charge in [-0.3, -0.25) is 4.79 Å². The molecule has 1 atom stereocenters. The van der Waals surface area contributed by atoms with Gasteiger partial charge in [0.15, 0.2) is 0 Å². The first kappa shape index (κ1) is 13.0. The summed E-state index contributed by atoms with van der Waals surface area (Å²) in [4.78, 5) is 11.4. The molecule has 0 fully saturated rings. The number of ether oxygens (including phenoxy) is 1. The Labute approximate surface area is 104 Å². The maximum Gasteiger partial charge on any atom is 0.221 e. The van der Waals surface area contributed by atoms with E-state index in [0.29, 0.717) is 11.8 Å². The average molecular weight is 286 g/mol. The van der Waals surface area contributed by atoms with E-state index < -0.39 is 0 Å². The number of hydrogen-bond acceptors (Lipinski definition) is 2. The van der Waals surface area contributed by atoms with Gasteiger partial charge in [0.2, 0.25) is 5.91 Å². The molecule has 88 valence electrons. The summed E-state index contributed by atoms with van der Waals surface area (Å²) >= 11 is 3.24. The predicted octanol–water partition coefficient (Wildman–Crippen LogP) is 2.66. The van der Waals surface area contributed by atoms with Gasteiger partial charge in [-0.25, -0.2) is 0 Å². The zero-order valence-electron chi connectivity index (χ0n) is 9.50. The molecule has 1 aromatic rings. The van der Waals surface area contributed by atoms with Crippen LogP contribution in [0.3, 0.4) is 0 Å². The van der Waals surface area contributed by atoms with Gasteiger partial charge >= 0.3 is 0 Å². The van der Waals surface area contributed by atoms with E-state index in [4.69, 9.17) is 4.74 Å². The van der Waals surface area contributed by atoms with Crippen LogP contribution in [0.5, 0.6) is 5.75 Å². The molecule has 0 radical (unpaired) electrons. The van der Waals surface area contributed by atoms with Crippen molar-refractivity contribution in [3.05, 3.63) is 29.8 Å². The monoisotopic (exact) mass is 285 g/mol. The molecule has 0 aliphatic rings. The van der Waals surface area contributed by atoms with Crippen molar-refractivity contribution < 1.29 is 9.53 Å². The van der Waals surface area contributed by atoms with Crippen LogP contribution in [0.15, 0.2) is 24.3 Å². The van der Waals surface area contributed by atoms with Crippen LogP contribution in [0.2, 0.25) is 0 Å². The first-order valence-electron chi connectivity index (χ1n) is 5.16. The summed E-state index contributed by atoms with van der Waals surface area (Å²) < 4.78 is 5.08. The molecular weight excluding hydrogens is 270 g/mol. The van der Waals surface area contributed by atoms with Crippen molar-refractivity contribution in [3.63, 3.8) is 0 Å². The molecular formula is C12H16BrNO2. The fourth-order valence-corrected chi connectivity index (χ4v) is 1.74. The Balaban J connectivity index is 2.58. The zero-order valence-corrected chi connectivity index (χ0v) is 11.1. The SMILES string of the molecule is COc1ccc([C@@H](C)NC(=O)CCBr)cc1. The normalized spacial score (nSPS) is 11.9. The summed E-state index contributed by atoms with van der Waals surface area (Å²) in [7, 11) is 1.64. The van der Waals surface area contributed by atoms with Gasteiger partial charge < -0.3 is 10.1 Å². The van der Waals surface area contributed by atoms with Gasteiger partial charge in [0, 0.05) is 11.8 Å². The van der Waals surface area contributed by atoms with Gasteiger partial charge in [-0.2, -0.15) is 0 Å². The van der Waals surface area contributed by atoms with E-state index in [1.165, 1.54) is 0 Å². The van der Waals surface area contributed by atoms with Crippen LogP contribution in [0.4, 0.5) is 0 Å². The van der Waals surface area contributed by atoms with Gasteiger partial charge in [-0.15, -0.1) is 0 Å². The molecule has 0 saturated heterocycles. The number of carbonyl (C=O) groups excluding carboxylic acids is 1. The summed E-state index contributed by atoms with van der Waals surface area (Å²) in [6.07, 6.45) is 0.500. The van der Waals surface area contributed by atoms with Crippen molar-refractivity contribution >= 4 is 21.8 Å². The number of hydrogen-bond donors (Lipinski definition) is 1. The Morgan fingerprint density at radius 3 is 2.56 bits per heavy atom. The first-order chi connectivity index (χ1) is 7.67. The lowest BCUT2D eigenvalue weighted by Crippen LogP contribution is -2.26. The van der Waals surface area contributed by atoms with E-state index in [1.54, 1.807) is 7.11 Å². The van der Waals surface area contributed by atoms with E-state index in [-0.39, 0.29) is 11.9 Å². The third-order valence-corrected chi connectivity index (χ3v) is 2.71. The third-order valence-electron chi connectivity index (χ3n) is 2.31. The lowest BCUT2D eigenvalue weighted by molar-refractivity contribution is -0.121. The zero-order chi connectivity index (χ0) is 12.0. The van der Waals surface area contributed by atoms with Crippen molar-refractivity contribution in [3.8, 4) is 5.75 Å². The van der Waals surface area contributed by atoms with E-state index in [1.807, 2.05) is 31.2 Å². The number of nitrogens with one attached hydrogen (secondary N) is 1. The summed E-state index contributed by atoms with van der Waals surface area (Å²) in [5, 5.41) is 3.61. The number of halogens is 1. The highest BCUT2D eigenvalue weighted by Crippen LogP contribution is 2.17. The van der Waals surface area contributed by atoms with E-state index >= 15 is 0 Å². The van der Waals surface area contributed by atoms with Crippen LogP contribution in [0.25, 0.3) is 0 Å². The largest absolute Gasteiger partial charge is 0.497 e. The first-order valence-corrected chi connectivity index (χ1v) is 6.28. The van der Waals surface area contributed by atoms with Crippen LogP contribution < -0.4 is 10.1 Å². The minimum atomic E-state index is 0.0254. The van der Waals surface area contributed by atoms with Crippen LogP contribution in [-0.4, -0.2) is 18.3 Å². The minimum absolute atomic E-state index is 0.0254. The fourth-order valence-electron chi connectivity index (χ4n) is 1.38. The van der Waals surface area contributed by atoms with Crippen LogP contribution >= 0.6 is 15.9 Å². The van der Waals surface area contributed by atoms with Crippen molar-refractivity contribution in [1.82, 2.24) is 5.32 Å². The van der Waals surface area contributed by atoms with Crippen LogP contribution in [0.1, 0.15) is 24.9 Å². The molecule has 4 heteroatoms. The van der Waals surface area contributed by atoms with Gasteiger partial charge in [0.25, 0.3) is 0 Å². The molecule has 0 aliphatic carbocycles. The van der Waals surface area contributed by atoms with Crippen LogP contribution in [-0.2, 0) is 4.79 Å². The quantitative estimate of drug-likeness (QED) is 0.845. The highest BCUT2D eigenvalue weighted by Gasteiger charge is 2.08. The summed E-state index contributed by atoms with van der Waals surface area (Å²) in [5.74, 6) is 0.878. The molecule has 0 aromatic heterocycles. The van der Waals surface area contributed by atoms with Crippen molar-refractivity contribution in [1.29, 1.82) is 0 Å². The maximum absolute atomic E-state index is 11.4. The molecule has 16 heavy (non-hydrogen) atoms. The Kier molecular flexibility index (Phi) is 5.32. The number of alkyl halides is 1. The van der Waals surface area contributed by atoms with Gasteiger partial charge in [-0.1, -0.05) is 28.1 Å². The van der Waals surface area contributed by atoms with Gasteiger partial charge in [0.05, 0.1) is 13.2 Å². The van der Waals surface area contributed by atoms with E-state index in [2.05, 4.69) is 21.2 Å². The van der Waals surface area contributed by atoms with Crippen LogP contribution in [0, 0.1) is 0 Å². The third kappa shape index (κ3) is 3.85. The second kappa shape index (κ2) is 6.53. The molecule has 1 amide bonds. The number of amides is 1. The molecule has 0 saturated carbocycles. The number of benzene rings is 1. The van der Waals surface area contributed by atoms with Crippen molar-refractivity contribution in [2.75, 3.05) is 12.4 Å². The number of methoxy groups -OCH3 is 1. The van der Waals surface area contributed by atoms with E-state index in [9.17, 15) is 4.79 Å². The molecule has 0 bridgehead atoms. The molecule has 1 rings (SSSR count). The summed E-state index contributed by atoms with van der Waals surface area (Å²) in [6.45, 7) is 1.97. The van der Waals surface area contributed by atoms with Crippen molar-refractivity contribution in [2.45, 2.75) is 19.4 Å². The summed E-state index contributed by atoms with van der Waals surface area (Å²) in [5.41, 5.74) is 1.07. The molecule has 3 nitrogen and oxygen atoms in total. The lowest BCUT2D eigenvalue weighted by atomic mass is 10.1. The fraction of sp³-hybridized carbons (Fsp3) is 0.417. The average Bonchev–Trinajstić information content (AvgIpc) is 2.29. The Morgan fingerprint density at radius 2 is 2.06 bits per heavy atom. The molecule has 0 unspecified atom stereocenters. The second-order valence-electron chi connectivity index (χ2n) is 3.50. The highest BCUT2D eigenvalue weighted by molar-refractivity contribution is 9.09. The maximum atomic E-state index is 11.4. The number of carbonyl (C=O) groups is 1. The molecule has 0 spiro atoms. The Morgan fingerprint density at radius 1 is 1.44 bits per heavy atom. The lowest BCUT2D eigenvalue weighted by Gasteiger charge is -2.14. The Hall–Kier alpha value is -1.03. The van der Waals surface area contributed by atoms with Crippen molar-refractivity contribution in [2.24, 2.45) is 0 Å². The topological polar surface area (TPSA) is 38.3 Å². The Bertz CT molecular complexity index is 337. The minimum Gasteiger partial charge on any atom is -0.497 e. The molecule has 0 aliphatic heterocycles. The molecule has 0 heterocycles. The van der Waals surface area contributed by atoms with Gasteiger partial charge in [0.1, 0.15) is 5.75 Å². The highest BCUT2D eigenvalue weighted by atomic mass is 79.9. The van der Waals surface area contributed by atoms with Gasteiger partial charge in [-0.05, 0) is 24.6 Å². The summed E-state index contributed by atoms with van der Waals surface area (Å²) in [6, 6.07) is 7.72. The van der Waals surface area contributed by atoms with E-state index in [0.717, 1.165) is 11.3 Å². The molecule has 1 aromatic carbocycles. The number of rotatable bonds is 5. The second-order valence-corrected chi connectivity index (χ2v) is 4.29. The molecule has 1 N–H and O–H groups in total. The standard InChI is InChI=1S/C12H16BrNO2/c1-9(14-12(15)7-8-13)10-3-5-11(16-2)6-4-10/h3-6,9H,7-8H2,1-2H3,(H,14,15)/t9-/m1/s1.